The predicted molar refractivity (Wildman–Crippen MR) is 89.9 cm³/mol. The summed E-state index contributed by atoms with van der Waals surface area (Å²) >= 11 is 0. The molecule has 0 atom stereocenters. The second kappa shape index (κ2) is 6.75. The number of aliphatic imine (C=N–C) groups is 1. The fraction of sp³-hybridized carbons (Fsp3) is 0.529. The van der Waals surface area contributed by atoms with Gasteiger partial charge in [-0.05, 0) is 52.7 Å². The Morgan fingerprint density at radius 2 is 1.88 bits per heavy atom. The van der Waals surface area contributed by atoms with Crippen LogP contribution in [-0.4, -0.2) is 28.1 Å². The second-order valence-electron chi connectivity index (χ2n) is 7.30. The number of hydrogen-bond donors (Lipinski definition) is 2. The van der Waals surface area contributed by atoms with E-state index in [1.54, 1.807) is 18.2 Å². The van der Waals surface area contributed by atoms with Gasteiger partial charge in [0, 0.05) is 11.1 Å². The van der Waals surface area contributed by atoms with Gasteiger partial charge in [0.1, 0.15) is 5.82 Å². The zero-order valence-corrected chi connectivity index (χ0v) is 14.4. The first-order valence-electron chi connectivity index (χ1n) is 7.88. The van der Waals surface area contributed by atoms with Gasteiger partial charge in [-0.1, -0.05) is 12.1 Å². The maximum Gasteiger partial charge on any atom is 0.209 e. The van der Waals surface area contributed by atoms with E-state index in [2.05, 4.69) is 15.6 Å². The van der Waals surface area contributed by atoms with Gasteiger partial charge in [0.2, 0.25) is 5.96 Å². The molecule has 0 amide bonds. The van der Waals surface area contributed by atoms with Crippen LogP contribution in [0.25, 0.3) is 0 Å². The van der Waals surface area contributed by atoms with Gasteiger partial charge in [-0.25, -0.2) is 9.38 Å². The van der Waals surface area contributed by atoms with Gasteiger partial charge >= 0.3 is 0 Å². The SMILES string of the molecule is CC1(C)CC(N=C(NC#N)Nc2ccccc2F)CC(C)(C)N1[O]. The number of rotatable bonds is 2. The summed E-state index contributed by atoms with van der Waals surface area (Å²) in [4.78, 5) is 4.53. The van der Waals surface area contributed by atoms with Crippen molar-refractivity contribution < 1.29 is 9.60 Å². The van der Waals surface area contributed by atoms with E-state index in [0.29, 0.717) is 12.8 Å². The Morgan fingerprint density at radius 3 is 2.42 bits per heavy atom. The number of nitrogens with zero attached hydrogens (tertiary/aromatic N) is 3. The quantitative estimate of drug-likeness (QED) is 0.377. The monoisotopic (exact) mass is 332 g/mol. The summed E-state index contributed by atoms with van der Waals surface area (Å²) in [7, 11) is 0. The van der Waals surface area contributed by atoms with Crippen molar-refractivity contribution in [3.05, 3.63) is 30.1 Å². The highest BCUT2D eigenvalue weighted by atomic mass is 19.1. The van der Waals surface area contributed by atoms with Crippen LogP contribution in [0.2, 0.25) is 0 Å². The van der Waals surface area contributed by atoms with Gasteiger partial charge < -0.3 is 5.32 Å². The van der Waals surface area contributed by atoms with Crippen molar-refractivity contribution in [2.24, 2.45) is 4.99 Å². The van der Waals surface area contributed by atoms with Crippen LogP contribution in [0.5, 0.6) is 0 Å². The molecule has 0 aliphatic carbocycles. The van der Waals surface area contributed by atoms with E-state index >= 15 is 0 Å². The third-order valence-corrected chi connectivity index (χ3v) is 4.18. The smallest absolute Gasteiger partial charge is 0.209 e. The third kappa shape index (κ3) is 4.02. The molecule has 6 nitrogen and oxygen atoms in total. The molecule has 2 N–H and O–H groups in total. The molecule has 129 valence electrons. The Hall–Kier alpha value is -2.17. The van der Waals surface area contributed by atoms with Gasteiger partial charge in [-0.15, -0.1) is 10.3 Å². The van der Waals surface area contributed by atoms with Crippen molar-refractivity contribution in [3.8, 4) is 6.19 Å². The van der Waals surface area contributed by atoms with E-state index in [4.69, 9.17) is 5.26 Å². The number of hydroxylamine groups is 2. The van der Waals surface area contributed by atoms with E-state index in [0.717, 1.165) is 5.06 Å². The highest BCUT2D eigenvalue weighted by Crippen LogP contribution is 2.38. The molecule has 0 spiro atoms. The van der Waals surface area contributed by atoms with Crippen LogP contribution in [-0.2, 0) is 5.21 Å². The molecule has 0 aromatic heterocycles. The van der Waals surface area contributed by atoms with E-state index in [1.165, 1.54) is 6.07 Å². The van der Waals surface area contributed by atoms with Crippen LogP contribution in [0.1, 0.15) is 40.5 Å². The number of nitrogens with one attached hydrogen (secondary N) is 2. The summed E-state index contributed by atoms with van der Waals surface area (Å²) in [6.07, 6.45) is 2.91. The molecule has 1 aliphatic rings. The van der Waals surface area contributed by atoms with E-state index < -0.39 is 16.9 Å². The highest BCUT2D eigenvalue weighted by molar-refractivity contribution is 5.94. The first-order valence-corrected chi connectivity index (χ1v) is 7.88. The van der Waals surface area contributed by atoms with Crippen LogP contribution in [0.4, 0.5) is 10.1 Å². The lowest BCUT2D eigenvalue weighted by molar-refractivity contribution is -0.288. The summed E-state index contributed by atoms with van der Waals surface area (Å²) in [6, 6.07) is 6.02. The van der Waals surface area contributed by atoms with E-state index in [9.17, 15) is 9.60 Å². The molecule has 0 saturated carbocycles. The number of hydrogen-bond acceptors (Lipinski definition) is 3. The van der Waals surface area contributed by atoms with Crippen molar-refractivity contribution in [3.63, 3.8) is 0 Å². The zero-order chi connectivity index (χ0) is 18.0. The van der Waals surface area contributed by atoms with Gasteiger partial charge in [0.15, 0.2) is 6.19 Å². The molecular formula is C17H23FN5O. The van der Waals surface area contributed by atoms with E-state index in [-0.39, 0.29) is 17.7 Å². The molecule has 1 aliphatic heterocycles. The molecule has 24 heavy (non-hydrogen) atoms. The van der Waals surface area contributed by atoms with Gasteiger partial charge in [-0.3, -0.25) is 5.32 Å². The lowest BCUT2D eigenvalue weighted by atomic mass is 9.79. The molecular weight excluding hydrogens is 309 g/mol. The van der Waals surface area contributed by atoms with Crippen molar-refractivity contribution in [2.75, 3.05) is 5.32 Å². The third-order valence-electron chi connectivity index (χ3n) is 4.18. The summed E-state index contributed by atoms with van der Waals surface area (Å²) in [5.41, 5.74) is -0.893. The largest absolute Gasteiger partial charge is 0.323 e. The van der Waals surface area contributed by atoms with Crippen molar-refractivity contribution in [1.29, 1.82) is 5.26 Å². The Bertz CT molecular complexity index is 647. The zero-order valence-electron chi connectivity index (χ0n) is 14.4. The number of halogens is 1. The van der Waals surface area contributed by atoms with Crippen LogP contribution in [0.3, 0.4) is 0 Å². The molecule has 1 heterocycles. The van der Waals surface area contributed by atoms with Gasteiger partial charge in [0.05, 0.1) is 11.7 Å². The Balaban J connectivity index is 2.24. The highest BCUT2D eigenvalue weighted by Gasteiger charge is 2.46. The lowest BCUT2D eigenvalue weighted by Gasteiger charge is -2.48. The summed E-state index contributed by atoms with van der Waals surface area (Å²) in [5, 5.41) is 27.7. The normalized spacial score (nSPS) is 21.1. The van der Waals surface area contributed by atoms with Crippen LogP contribution < -0.4 is 10.6 Å². The number of para-hydroxylation sites is 1. The summed E-state index contributed by atoms with van der Waals surface area (Å²) < 4.78 is 13.8. The Morgan fingerprint density at radius 1 is 1.29 bits per heavy atom. The van der Waals surface area contributed by atoms with Crippen LogP contribution in [0.15, 0.2) is 29.3 Å². The number of nitriles is 1. The van der Waals surface area contributed by atoms with Crippen LogP contribution >= 0.6 is 0 Å². The summed E-state index contributed by atoms with van der Waals surface area (Å²) in [6.45, 7) is 7.52. The first kappa shape index (κ1) is 18.2. The lowest BCUT2D eigenvalue weighted by Crippen LogP contribution is -2.59. The predicted octanol–water partition coefficient (Wildman–Crippen LogP) is 3.03. The minimum absolute atomic E-state index is 0.157. The van der Waals surface area contributed by atoms with Gasteiger partial charge in [0.25, 0.3) is 0 Å². The fourth-order valence-electron chi connectivity index (χ4n) is 3.32. The summed E-state index contributed by atoms with van der Waals surface area (Å²) in [5.74, 6) is -0.251. The van der Waals surface area contributed by atoms with Crippen LogP contribution in [0, 0.1) is 17.3 Å². The van der Waals surface area contributed by atoms with E-state index in [1.807, 2.05) is 33.9 Å². The Labute approximate surface area is 142 Å². The average Bonchev–Trinajstić information content (AvgIpc) is 2.47. The molecule has 0 bridgehead atoms. The first-order chi connectivity index (χ1) is 11.2. The van der Waals surface area contributed by atoms with Crippen molar-refractivity contribution in [1.82, 2.24) is 10.4 Å². The molecule has 1 aromatic carbocycles. The molecule has 2 rings (SSSR count). The number of anilines is 1. The topological polar surface area (TPSA) is 83.3 Å². The maximum absolute atomic E-state index is 13.8. The number of guanidine groups is 1. The minimum atomic E-state index is -0.564. The fourth-order valence-corrected chi connectivity index (χ4v) is 3.32. The van der Waals surface area contributed by atoms with Crippen molar-refractivity contribution in [2.45, 2.75) is 57.7 Å². The number of piperidine rings is 1. The average molecular weight is 332 g/mol. The molecule has 1 saturated heterocycles. The molecule has 1 aromatic rings. The molecule has 0 unspecified atom stereocenters. The maximum atomic E-state index is 13.8. The second-order valence-corrected chi connectivity index (χ2v) is 7.30. The molecule has 7 heteroatoms. The minimum Gasteiger partial charge on any atom is -0.323 e. The van der Waals surface area contributed by atoms with Crippen molar-refractivity contribution >= 4 is 11.6 Å². The Kier molecular flexibility index (Phi) is 5.11. The van der Waals surface area contributed by atoms with Gasteiger partial charge in [-0.2, -0.15) is 5.26 Å². The molecule has 1 radical (unpaired) electrons. The number of benzene rings is 1. The standard InChI is InChI=1S/C17H23FN5O/c1-16(2)9-12(10-17(3,4)23(16)24)21-15(20-11-19)22-14-8-6-5-7-13(14)18/h5-8,12H,9-10H2,1-4H3,(H2,20,21,22). The molecule has 1 fully saturated rings.